The lowest BCUT2D eigenvalue weighted by Crippen LogP contribution is -2.08. The fourth-order valence-corrected chi connectivity index (χ4v) is 1.62. The minimum atomic E-state index is -0.342. The van der Waals surface area contributed by atoms with Crippen molar-refractivity contribution in [2.75, 3.05) is 0 Å². The monoisotopic (exact) mass is 164 g/mol. The van der Waals surface area contributed by atoms with Crippen LogP contribution in [0.1, 0.15) is 36.3 Å². The lowest BCUT2D eigenvalue weighted by atomic mass is 9.80. The van der Waals surface area contributed by atoms with Crippen LogP contribution in [-0.2, 0) is 6.67 Å². The van der Waals surface area contributed by atoms with Gasteiger partial charge in [0.15, 0.2) is 0 Å². The van der Waals surface area contributed by atoms with Gasteiger partial charge in [-0.3, -0.25) is 0 Å². The zero-order chi connectivity index (χ0) is 8.39. The highest BCUT2D eigenvalue weighted by atomic mass is 19.1. The molecule has 1 fully saturated rings. The summed E-state index contributed by atoms with van der Waals surface area (Å²) in [6, 6.07) is 7.93. The Hall–Kier alpha value is -0.850. The molecule has 0 N–H and O–H groups in total. The van der Waals surface area contributed by atoms with Crippen molar-refractivity contribution >= 4 is 0 Å². The van der Waals surface area contributed by atoms with Gasteiger partial charge < -0.3 is 0 Å². The van der Waals surface area contributed by atoms with Gasteiger partial charge in [-0.25, -0.2) is 4.39 Å². The van der Waals surface area contributed by atoms with Gasteiger partial charge in [0.05, 0.1) is 0 Å². The first kappa shape index (κ1) is 7.78. The molecule has 1 aromatic carbocycles. The summed E-state index contributed by atoms with van der Waals surface area (Å²) in [4.78, 5) is 0. The van der Waals surface area contributed by atoms with E-state index >= 15 is 0 Å². The first-order valence-electron chi connectivity index (χ1n) is 4.55. The van der Waals surface area contributed by atoms with Crippen LogP contribution < -0.4 is 0 Å². The van der Waals surface area contributed by atoms with Gasteiger partial charge in [0.2, 0.25) is 0 Å². The Morgan fingerprint density at radius 3 is 2.25 bits per heavy atom. The summed E-state index contributed by atoms with van der Waals surface area (Å²) in [7, 11) is 0. The molecule has 0 saturated heterocycles. The fourth-order valence-electron chi connectivity index (χ4n) is 1.62. The van der Waals surface area contributed by atoms with Gasteiger partial charge in [-0.2, -0.15) is 0 Å². The van der Waals surface area contributed by atoms with Crippen LogP contribution in [0.3, 0.4) is 0 Å². The van der Waals surface area contributed by atoms with E-state index in [1.807, 2.05) is 12.1 Å². The van der Waals surface area contributed by atoms with Crippen LogP contribution in [0.15, 0.2) is 24.3 Å². The molecule has 0 bridgehead atoms. The zero-order valence-electron chi connectivity index (χ0n) is 7.09. The molecule has 0 spiro atoms. The third-order valence-electron chi connectivity index (χ3n) is 2.71. The predicted octanol–water partition coefficient (Wildman–Crippen LogP) is 3.42. The molecule has 12 heavy (non-hydrogen) atoms. The van der Waals surface area contributed by atoms with Crippen LogP contribution >= 0.6 is 0 Å². The van der Waals surface area contributed by atoms with Gasteiger partial charge in [0, 0.05) is 0 Å². The van der Waals surface area contributed by atoms with Crippen LogP contribution in [-0.4, -0.2) is 0 Å². The minimum Gasteiger partial charge on any atom is -0.246 e. The van der Waals surface area contributed by atoms with Crippen LogP contribution in [0.4, 0.5) is 4.39 Å². The maximum absolute atomic E-state index is 12.2. The third-order valence-corrected chi connectivity index (χ3v) is 2.71. The predicted molar refractivity (Wildman–Crippen MR) is 47.8 cm³/mol. The molecule has 0 atom stereocenters. The van der Waals surface area contributed by atoms with Crippen molar-refractivity contribution in [1.82, 2.24) is 0 Å². The highest BCUT2D eigenvalue weighted by molar-refractivity contribution is 5.26. The Morgan fingerprint density at radius 2 is 1.83 bits per heavy atom. The summed E-state index contributed by atoms with van der Waals surface area (Å²) in [6.45, 7) is -0.342. The van der Waals surface area contributed by atoms with Crippen LogP contribution in [0.2, 0.25) is 0 Å². The quantitative estimate of drug-likeness (QED) is 0.628. The molecule has 0 amide bonds. The smallest absolute Gasteiger partial charge is 0.115 e. The summed E-state index contributed by atoms with van der Waals surface area (Å²) in [5.41, 5.74) is 2.18. The van der Waals surface area contributed by atoms with Gasteiger partial charge in [-0.05, 0) is 29.9 Å². The highest BCUT2D eigenvalue weighted by Gasteiger charge is 2.18. The molecule has 0 nitrogen and oxygen atoms in total. The number of hydrogen-bond acceptors (Lipinski definition) is 0. The van der Waals surface area contributed by atoms with Gasteiger partial charge in [-0.15, -0.1) is 0 Å². The summed E-state index contributed by atoms with van der Waals surface area (Å²) in [6.07, 6.45) is 3.99. The summed E-state index contributed by atoms with van der Waals surface area (Å²) in [5.74, 6) is 0.763. The molecular formula is C11H13F. The second-order valence-corrected chi connectivity index (χ2v) is 3.50. The first-order valence-corrected chi connectivity index (χ1v) is 4.55. The number of rotatable bonds is 2. The topological polar surface area (TPSA) is 0 Å². The Bertz CT molecular complexity index is 246. The van der Waals surface area contributed by atoms with Crippen molar-refractivity contribution in [1.29, 1.82) is 0 Å². The van der Waals surface area contributed by atoms with Gasteiger partial charge in [0.1, 0.15) is 6.67 Å². The molecule has 0 aliphatic heterocycles. The lowest BCUT2D eigenvalue weighted by molar-refractivity contribution is 0.419. The maximum Gasteiger partial charge on any atom is 0.115 e. The summed E-state index contributed by atoms with van der Waals surface area (Å²) >= 11 is 0. The van der Waals surface area contributed by atoms with Gasteiger partial charge in [0.25, 0.3) is 0 Å². The Labute approximate surface area is 72.4 Å². The average molecular weight is 164 g/mol. The standard InChI is InChI=1S/C11H13F/c12-8-9-4-6-11(7-5-9)10-2-1-3-10/h4-7,10H,1-3,8H2. The number of alkyl halides is 1. The van der Waals surface area contributed by atoms with Crippen LogP contribution in [0.5, 0.6) is 0 Å². The number of halogens is 1. The third kappa shape index (κ3) is 1.36. The van der Waals surface area contributed by atoms with Crippen molar-refractivity contribution < 1.29 is 4.39 Å². The molecule has 2 rings (SSSR count). The second kappa shape index (κ2) is 3.26. The molecule has 1 aliphatic carbocycles. The van der Waals surface area contributed by atoms with E-state index in [-0.39, 0.29) is 6.67 Å². The second-order valence-electron chi connectivity index (χ2n) is 3.50. The van der Waals surface area contributed by atoms with E-state index in [9.17, 15) is 4.39 Å². The number of hydrogen-bond donors (Lipinski definition) is 0. The Balaban J connectivity index is 2.13. The molecule has 0 unspecified atom stereocenters. The first-order chi connectivity index (χ1) is 5.90. The summed E-state index contributed by atoms with van der Waals surface area (Å²) in [5, 5.41) is 0. The molecule has 1 heteroatoms. The highest BCUT2D eigenvalue weighted by Crippen LogP contribution is 2.36. The SMILES string of the molecule is FCc1ccc(C2CCC2)cc1. The van der Waals surface area contributed by atoms with E-state index in [4.69, 9.17) is 0 Å². The summed E-state index contributed by atoms with van der Waals surface area (Å²) < 4.78 is 12.2. The fraction of sp³-hybridized carbons (Fsp3) is 0.455. The Morgan fingerprint density at radius 1 is 1.17 bits per heavy atom. The Kier molecular flexibility index (Phi) is 2.11. The lowest BCUT2D eigenvalue weighted by Gasteiger charge is -2.25. The van der Waals surface area contributed by atoms with E-state index in [1.54, 1.807) is 0 Å². The zero-order valence-corrected chi connectivity index (χ0v) is 7.09. The largest absolute Gasteiger partial charge is 0.246 e. The van der Waals surface area contributed by atoms with Crippen LogP contribution in [0, 0.1) is 0 Å². The van der Waals surface area contributed by atoms with Crippen LogP contribution in [0.25, 0.3) is 0 Å². The van der Waals surface area contributed by atoms with Crippen molar-refractivity contribution in [2.45, 2.75) is 31.9 Å². The molecular weight excluding hydrogens is 151 g/mol. The normalized spacial score (nSPS) is 17.4. The van der Waals surface area contributed by atoms with E-state index < -0.39 is 0 Å². The average Bonchev–Trinajstić information content (AvgIpc) is 2.03. The van der Waals surface area contributed by atoms with E-state index in [1.165, 1.54) is 24.8 Å². The molecule has 64 valence electrons. The van der Waals surface area contributed by atoms with Crippen molar-refractivity contribution in [3.05, 3.63) is 35.4 Å². The molecule has 0 aromatic heterocycles. The van der Waals surface area contributed by atoms with Crippen molar-refractivity contribution in [3.8, 4) is 0 Å². The van der Waals surface area contributed by atoms with Crippen molar-refractivity contribution in [2.24, 2.45) is 0 Å². The molecule has 0 radical (unpaired) electrons. The molecule has 0 heterocycles. The van der Waals surface area contributed by atoms with Crippen molar-refractivity contribution in [3.63, 3.8) is 0 Å². The van der Waals surface area contributed by atoms with Gasteiger partial charge in [-0.1, -0.05) is 30.7 Å². The number of benzene rings is 1. The maximum atomic E-state index is 12.2. The molecule has 1 aliphatic rings. The van der Waals surface area contributed by atoms with E-state index in [0.717, 1.165) is 11.5 Å². The van der Waals surface area contributed by atoms with Gasteiger partial charge >= 0.3 is 0 Å². The molecule has 1 saturated carbocycles. The molecule has 1 aromatic rings. The van der Waals surface area contributed by atoms with E-state index in [0.29, 0.717) is 0 Å². The minimum absolute atomic E-state index is 0.342. The van der Waals surface area contributed by atoms with E-state index in [2.05, 4.69) is 12.1 Å².